The van der Waals surface area contributed by atoms with Gasteiger partial charge in [0.1, 0.15) is 19.0 Å². The first-order valence-corrected chi connectivity index (χ1v) is 8.35. The van der Waals surface area contributed by atoms with Crippen molar-refractivity contribution in [1.82, 2.24) is 4.90 Å². The molecule has 1 heterocycles. The second-order valence-electron chi connectivity index (χ2n) is 6.09. The average molecular weight is 325 g/mol. The smallest absolute Gasteiger partial charge is 0.249 e. The Morgan fingerprint density at radius 1 is 1.04 bits per heavy atom. The molecule has 0 bridgehead atoms. The van der Waals surface area contributed by atoms with Crippen LogP contribution in [-0.2, 0) is 9.53 Å². The van der Waals surface area contributed by atoms with Crippen LogP contribution >= 0.6 is 0 Å². The molecule has 0 N–H and O–H groups in total. The fourth-order valence-electron chi connectivity index (χ4n) is 3.09. The third-order valence-electron chi connectivity index (χ3n) is 4.29. The predicted octanol–water partition coefficient (Wildman–Crippen LogP) is 3.30. The van der Waals surface area contributed by atoms with Crippen LogP contribution in [0.2, 0.25) is 0 Å². The van der Waals surface area contributed by atoms with Crippen LogP contribution < -0.4 is 4.74 Å². The van der Waals surface area contributed by atoms with E-state index < -0.39 is 0 Å². The lowest BCUT2D eigenvalue weighted by Gasteiger charge is -2.47. The van der Waals surface area contributed by atoms with Crippen molar-refractivity contribution in [2.45, 2.75) is 13.0 Å². The number of nitrogens with zero attached hydrogens (tertiary/aromatic N) is 1. The number of rotatable bonds is 7. The highest BCUT2D eigenvalue weighted by Gasteiger charge is 2.39. The SMILES string of the molecule is C[C@H]1CN(C(=O)COCCOc2ccccc2)[C@H]1c1ccccc1. The fraction of sp³-hybridized carbons (Fsp3) is 0.350. The number of hydrogen-bond acceptors (Lipinski definition) is 3. The summed E-state index contributed by atoms with van der Waals surface area (Å²) in [5.41, 5.74) is 1.19. The second-order valence-corrected chi connectivity index (χ2v) is 6.09. The van der Waals surface area contributed by atoms with Crippen molar-refractivity contribution >= 4 is 5.91 Å². The highest BCUT2D eigenvalue weighted by molar-refractivity contribution is 5.79. The number of hydrogen-bond donors (Lipinski definition) is 0. The fourth-order valence-corrected chi connectivity index (χ4v) is 3.09. The highest BCUT2D eigenvalue weighted by atomic mass is 16.5. The number of carbonyl (C=O) groups is 1. The van der Waals surface area contributed by atoms with Gasteiger partial charge in [-0.25, -0.2) is 0 Å². The molecule has 1 amide bonds. The Bertz CT molecular complexity index is 644. The quantitative estimate of drug-likeness (QED) is 0.733. The topological polar surface area (TPSA) is 38.8 Å². The molecule has 4 nitrogen and oxygen atoms in total. The van der Waals surface area contributed by atoms with Gasteiger partial charge in [0.15, 0.2) is 0 Å². The van der Waals surface area contributed by atoms with E-state index in [1.54, 1.807) is 0 Å². The van der Waals surface area contributed by atoms with E-state index in [4.69, 9.17) is 9.47 Å². The zero-order chi connectivity index (χ0) is 16.8. The summed E-state index contributed by atoms with van der Waals surface area (Å²) >= 11 is 0. The van der Waals surface area contributed by atoms with Crippen molar-refractivity contribution in [1.29, 1.82) is 0 Å². The van der Waals surface area contributed by atoms with Crippen molar-refractivity contribution in [3.8, 4) is 5.75 Å². The van der Waals surface area contributed by atoms with Gasteiger partial charge in [-0.05, 0) is 23.6 Å². The molecule has 2 aromatic carbocycles. The molecule has 24 heavy (non-hydrogen) atoms. The Morgan fingerprint density at radius 3 is 2.38 bits per heavy atom. The molecule has 1 fully saturated rings. The van der Waals surface area contributed by atoms with E-state index >= 15 is 0 Å². The number of carbonyl (C=O) groups excluding carboxylic acids is 1. The number of benzene rings is 2. The Labute approximate surface area is 143 Å². The molecule has 2 atom stereocenters. The molecule has 0 saturated carbocycles. The molecule has 1 aliphatic rings. The van der Waals surface area contributed by atoms with Crippen LogP contribution in [0.5, 0.6) is 5.75 Å². The Hall–Kier alpha value is -2.33. The molecule has 0 unspecified atom stereocenters. The largest absolute Gasteiger partial charge is 0.491 e. The highest BCUT2D eigenvalue weighted by Crippen LogP contribution is 2.38. The third-order valence-corrected chi connectivity index (χ3v) is 4.29. The monoisotopic (exact) mass is 325 g/mol. The van der Waals surface area contributed by atoms with Crippen LogP contribution in [-0.4, -0.2) is 37.2 Å². The van der Waals surface area contributed by atoms with Crippen molar-refractivity contribution in [2.24, 2.45) is 5.92 Å². The standard InChI is InChI=1S/C20H23NO3/c1-16-14-21(20(16)17-8-4-2-5-9-17)19(22)15-23-12-13-24-18-10-6-3-7-11-18/h2-11,16,20H,12-15H2,1H3/t16-,20+/m0/s1. The molecule has 0 aliphatic carbocycles. The van der Waals surface area contributed by atoms with Gasteiger partial charge in [-0.15, -0.1) is 0 Å². The lowest BCUT2D eigenvalue weighted by molar-refractivity contribution is -0.148. The summed E-state index contributed by atoms with van der Waals surface area (Å²) in [5.74, 6) is 1.34. The van der Waals surface area contributed by atoms with Crippen LogP contribution in [0, 0.1) is 5.92 Å². The summed E-state index contributed by atoms with van der Waals surface area (Å²) in [4.78, 5) is 14.2. The van der Waals surface area contributed by atoms with Crippen molar-refractivity contribution in [3.63, 3.8) is 0 Å². The first-order valence-electron chi connectivity index (χ1n) is 8.35. The van der Waals surface area contributed by atoms with Crippen LogP contribution in [0.1, 0.15) is 18.5 Å². The molecular formula is C20H23NO3. The number of ether oxygens (including phenoxy) is 2. The van der Waals surface area contributed by atoms with E-state index in [-0.39, 0.29) is 18.6 Å². The maximum Gasteiger partial charge on any atom is 0.249 e. The lowest BCUT2D eigenvalue weighted by Crippen LogP contribution is -2.52. The molecule has 1 saturated heterocycles. The van der Waals surface area contributed by atoms with E-state index in [1.807, 2.05) is 53.4 Å². The van der Waals surface area contributed by atoms with Crippen molar-refractivity contribution < 1.29 is 14.3 Å². The maximum absolute atomic E-state index is 12.3. The number of para-hydroxylation sites is 1. The van der Waals surface area contributed by atoms with Gasteiger partial charge in [-0.3, -0.25) is 4.79 Å². The van der Waals surface area contributed by atoms with Gasteiger partial charge >= 0.3 is 0 Å². The molecule has 2 aromatic rings. The molecule has 3 rings (SSSR count). The van der Waals surface area contributed by atoms with Crippen molar-refractivity contribution in [2.75, 3.05) is 26.4 Å². The van der Waals surface area contributed by atoms with E-state index in [0.717, 1.165) is 12.3 Å². The van der Waals surface area contributed by atoms with Gasteiger partial charge in [0.25, 0.3) is 0 Å². The minimum absolute atomic E-state index is 0.0432. The van der Waals surface area contributed by atoms with Crippen LogP contribution in [0.15, 0.2) is 60.7 Å². The normalized spacial score (nSPS) is 19.6. The zero-order valence-corrected chi connectivity index (χ0v) is 13.9. The van der Waals surface area contributed by atoms with Gasteiger partial charge in [0, 0.05) is 6.54 Å². The first-order chi connectivity index (χ1) is 11.8. The molecule has 1 aliphatic heterocycles. The Balaban J connectivity index is 1.41. The zero-order valence-electron chi connectivity index (χ0n) is 13.9. The van der Waals surface area contributed by atoms with Crippen molar-refractivity contribution in [3.05, 3.63) is 66.2 Å². The van der Waals surface area contributed by atoms with Gasteiger partial charge in [-0.2, -0.15) is 0 Å². The van der Waals surface area contributed by atoms with Crippen LogP contribution in [0.4, 0.5) is 0 Å². The lowest BCUT2D eigenvalue weighted by atomic mass is 9.85. The molecule has 0 aromatic heterocycles. The summed E-state index contributed by atoms with van der Waals surface area (Å²) < 4.78 is 11.0. The van der Waals surface area contributed by atoms with Gasteiger partial charge in [0.2, 0.25) is 5.91 Å². The molecular weight excluding hydrogens is 302 g/mol. The summed E-state index contributed by atoms with van der Waals surface area (Å²) in [7, 11) is 0. The molecule has 4 heteroatoms. The number of amides is 1. The Morgan fingerprint density at radius 2 is 1.71 bits per heavy atom. The van der Waals surface area contributed by atoms with Gasteiger partial charge < -0.3 is 14.4 Å². The summed E-state index contributed by atoms with van der Waals surface area (Å²) in [6.45, 7) is 3.92. The molecule has 126 valence electrons. The minimum Gasteiger partial charge on any atom is -0.491 e. The van der Waals surface area contributed by atoms with E-state index in [9.17, 15) is 4.79 Å². The van der Waals surface area contributed by atoms with Crippen LogP contribution in [0.3, 0.4) is 0 Å². The molecule has 0 spiro atoms. The van der Waals surface area contributed by atoms with E-state index in [0.29, 0.717) is 19.1 Å². The average Bonchev–Trinajstić information content (AvgIpc) is 2.61. The third kappa shape index (κ3) is 3.95. The van der Waals surface area contributed by atoms with Crippen LogP contribution in [0.25, 0.3) is 0 Å². The Kier molecular flexibility index (Phi) is 5.49. The summed E-state index contributed by atoms with van der Waals surface area (Å²) in [6, 6.07) is 19.9. The maximum atomic E-state index is 12.3. The second kappa shape index (κ2) is 7.97. The summed E-state index contributed by atoms with van der Waals surface area (Å²) in [6.07, 6.45) is 0. The van der Waals surface area contributed by atoms with E-state index in [1.165, 1.54) is 5.56 Å². The van der Waals surface area contributed by atoms with Gasteiger partial charge in [0.05, 0.1) is 12.6 Å². The minimum atomic E-state index is 0.0432. The summed E-state index contributed by atoms with van der Waals surface area (Å²) in [5, 5.41) is 0. The number of likely N-dealkylation sites (tertiary alicyclic amines) is 1. The van der Waals surface area contributed by atoms with Gasteiger partial charge in [-0.1, -0.05) is 55.5 Å². The predicted molar refractivity (Wildman–Crippen MR) is 92.8 cm³/mol. The first kappa shape index (κ1) is 16.5. The van der Waals surface area contributed by atoms with E-state index in [2.05, 4.69) is 19.1 Å². The molecule has 0 radical (unpaired) electrons.